The quantitative estimate of drug-likeness (QED) is 0.654. The molecule has 0 bridgehead atoms. The van der Waals surface area contributed by atoms with E-state index < -0.39 is 18.1 Å². The predicted octanol–water partition coefficient (Wildman–Crippen LogP) is 3.59. The minimum absolute atomic E-state index is 0.252. The molecule has 1 aromatic heterocycles. The molecule has 1 heterocycles. The van der Waals surface area contributed by atoms with Gasteiger partial charge in [0.2, 0.25) is 0 Å². The number of thiazole rings is 1. The lowest BCUT2D eigenvalue weighted by molar-refractivity contribution is -0.140. The van der Waals surface area contributed by atoms with Crippen molar-refractivity contribution in [3.63, 3.8) is 0 Å². The lowest BCUT2D eigenvalue weighted by Crippen LogP contribution is -2.45. The van der Waals surface area contributed by atoms with Crippen LogP contribution in [-0.2, 0) is 22.4 Å². The largest absolute Gasteiger partial charge is 0.480 e. The third-order valence-electron chi connectivity index (χ3n) is 3.58. The first-order valence-electron chi connectivity index (χ1n) is 8.83. The van der Waals surface area contributed by atoms with Gasteiger partial charge in [0.1, 0.15) is 12.3 Å². The molecule has 0 spiro atoms. The summed E-state index contributed by atoms with van der Waals surface area (Å²) in [6.45, 7) is 5.95. The first-order valence-corrected chi connectivity index (χ1v) is 9.71. The summed E-state index contributed by atoms with van der Waals surface area (Å²) in [5.41, 5.74) is 0.838. The Kier molecular flexibility index (Phi) is 10.4. The Balaban J connectivity index is 0.000000472. The number of aldehydes is 1. The number of hydrogen-bond donors (Lipinski definition) is 2. The van der Waals surface area contributed by atoms with Gasteiger partial charge in [-0.25, -0.2) is 4.98 Å². The van der Waals surface area contributed by atoms with Crippen LogP contribution in [0.3, 0.4) is 0 Å². The molecule has 26 heavy (non-hydrogen) atoms. The Morgan fingerprint density at radius 3 is 2.19 bits per heavy atom. The van der Waals surface area contributed by atoms with Gasteiger partial charge in [-0.1, -0.05) is 57.2 Å². The second-order valence-electron chi connectivity index (χ2n) is 6.37. The van der Waals surface area contributed by atoms with Crippen LogP contribution < -0.4 is 5.32 Å². The molecular weight excluding hydrogens is 348 g/mol. The molecule has 0 aliphatic heterocycles. The van der Waals surface area contributed by atoms with Crippen LogP contribution in [0.2, 0.25) is 0 Å². The van der Waals surface area contributed by atoms with Gasteiger partial charge in [0.25, 0.3) is 0 Å². The number of aliphatic carboxylic acids is 1. The maximum Gasteiger partial charge on any atom is 0.320 e. The van der Waals surface area contributed by atoms with Crippen molar-refractivity contribution in [2.24, 2.45) is 5.92 Å². The zero-order valence-electron chi connectivity index (χ0n) is 15.6. The topological polar surface area (TPSA) is 79.3 Å². The first kappa shape index (κ1) is 22.0. The van der Waals surface area contributed by atoms with Gasteiger partial charge in [0.05, 0.1) is 16.7 Å². The van der Waals surface area contributed by atoms with Crippen molar-refractivity contribution in [3.05, 3.63) is 52.5 Å². The average molecular weight is 377 g/mol. The fraction of sp³-hybridized carbons (Fsp3) is 0.450. The summed E-state index contributed by atoms with van der Waals surface area (Å²) in [5, 5.41) is 15.0. The number of nitrogens with one attached hydrogen (secondary N) is 1. The van der Waals surface area contributed by atoms with E-state index in [-0.39, 0.29) is 5.92 Å². The minimum atomic E-state index is -0.918. The molecule has 0 saturated heterocycles. The van der Waals surface area contributed by atoms with Crippen LogP contribution in [-0.4, -0.2) is 34.4 Å². The zero-order valence-corrected chi connectivity index (χ0v) is 16.4. The molecule has 0 radical (unpaired) electrons. The van der Waals surface area contributed by atoms with Crippen molar-refractivity contribution in [2.75, 3.05) is 0 Å². The van der Waals surface area contributed by atoms with E-state index in [1.165, 1.54) is 0 Å². The number of carboxylic acids is 1. The molecular formula is C20H28N2O3S. The van der Waals surface area contributed by atoms with Gasteiger partial charge in [-0.15, -0.1) is 11.3 Å². The highest BCUT2D eigenvalue weighted by Gasteiger charge is 2.23. The Morgan fingerprint density at radius 2 is 1.81 bits per heavy atom. The molecule has 0 saturated carbocycles. The van der Waals surface area contributed by atoms with E-state index in [0.717, 1.165) is 23.4 Å². The van der Waals surface area contributed by atoms with E-state index in [2.05, 4.69) is 10.3 Å². The number of carbonyl (C=O) groups excluding carboxylic acids is 1. The number of nitrogens with zero attached hydrogens (tertiary/aromatic N) is 1. The molecule has 2 atom stereocenters. The van der Waals surface area contributed by atoms with Gasteiger partial charge in [-0.3, -0.25) is 10.1 Å². The molecule has 142 valence electrons. The van der Waals surface area contributed by atoms with Gasteiger partial charge in [0.15, 0.2) is 0 Å². The Morgan fingerprint density at radius 1 is 1.23 bits per heavy atom. The van der Waals surface area contributed by atoms with Crippen molar-refractivity contribution < 1.29 is 14.7 Å². The minimum Gasteiger partial charge on any atom is -0.480 e. The van der Waals surface area contributed by atoms with Gasteiger partial charge in [-0.05, 0) is 18.8 Å². The summed E-state index contributed by atoms with van der Waals surface area (Å²) >= 11 is 1.57. The number of carbonyl (C=O) groups is 2. The average Bonchev–Trinajstić information content (AvgIpc) is 3.09. The molecule has 1 aromatic carbocycles. The van der Waals surface area contributed by atoms with E-state index in [1.807, 2.05) is 62.5 Å². The smallest absolute Gasteiger partial charge is 0.320 e. The summed E-state index contributed by atoms with van der Waals surface area (Å²) in [5.74, 6) is -0.667. The maximum absolute atomic E-state index is 11.2. The molecule has 5 nitrogen and oxygen atoms in total. The van der Waals surface area contributed by atoms with E-state index in [1.54, 1.807) is 11.3 Å². The zero-order chi connectivity index (χ0) is 19.4. The van der Waals surface area contributed by atoms with Crippen molar-refractivity contribution in [1.82, 2.24) is 10.3 Å². The lowest BCUT2D eigenvalue weighted by Gasteiger charge is -2.20. The van der Waals surface area contributed by atoms with Crippen LogP contribution in [0.25, 0.3) is 0 Å². The second kappa shape index (κ2) is 12.3. The van der Waals surface area contributed by atoms with E-state index in [9.17, 15) is 14.7 Å². The molecule has 2 rings (SSSR count). The third-order valence-corrected chi connectivity index (χ3v) is 4.62. The van der Waals surface area contributed by atoms with Crippen LogP contribution >= 0.6 is 11.3 Å². The number of benzene rings is 1. The summed E-state index contributed by atoms with van der Waals surface area (Å²) in [6, 6.07) is 10.8. The molecule has 0 aliphatic carbocycles. The molecule has 2 aromatic rings. The monoisotopic (exact) mass is 376 g/mol. The van der Waals surface area contributed by atoms with Gasteiger partial charge in [0, 0.05) is 11.8 Å². The lowest BCUT2D eigenvalue weighted by atomic mass is 10.0. The van der Waals surface area contributed by atoms with Gasteiger partial charge >= 0.3 is 5.97 Å². The Hall–Kier alpha value is -2.05. The predicted molar refractivity (Wildman–Crippen MR) is 106 cm³/mol. The number of carboxylic acid groups (broad SMARTS) is 1. The van der Waals surface area contributed by atoms with E-state index >= 15 is 0 Å². The number of aromatic nitrogens is 1. The highest BCUT2D eigenvalue weighted by molar-refractivity contribution is 7.09. The van der Waals surface area contributed by atoms with Crippen LogP contribution in [0, 0.1) is 5.92 Å². The third kappa shape index (κ3) is 8.87. The Labute approximate surface area is 159 Å². The van der Waals surface area contributed by atoms with Crippen LogP contribution in [0.1, 0.15) is 37.9 Å². The highest BCUT2D eigenvalue weighted by atomic mass is 32.1. The SMILES string of the molecule is CCc1nc(CC(C=O)NC(CC(C)C)C(=O)O)cs1.c1ccccc1. The maximum atomic E-state index is 11.2. The summed E-state index contributed by atoms with van der Waals surface area (Å²) in [7, 11) is 0. The van der Waals surface area contributed by atoms with Crippen LogP contribution in [0.15, 0.2) is 41.8 Å². The van der Waals surface area contributed by atoms with Crippen molar-refractivity contribution in [2.45, 2.75) is 52.1 Å². The van der Waals surface area contributed by atoms with Crippen molar-refractivity contribution in [3.8, 4) is 0 Å². The summed E-state index contributed by atoms with van der Waals surface area (Å²) in [6.07, 6.45) is 2.56. The molecule has 2 N–H and O–H groups in total. The normalized spacial score (nSPS) is 12.8. The summed E-state index contributed by atoms with van der Waals surface area (Å²) in [4.78, 5) is 26.7. The second-order valence-corrected chi connectivity index (χ2v) is 7.32. The number of hydrogen-bond acceptors (Lipinski definition) is 5. The summed E-state index contributed by atoms with van der Waals surface area (Å²) < 4.78 is 0. The standard InChI is InChI=1S/C14H22N2O3S.C6H6/c1-4-13-16-11(8-20-13)6-10(7-17)15-12(14(18)19)5-9(2)3;1-2-4-6-5-3-1/h7-10,12,15H,4-6H2,1-3H3,(H,18,19);1-6H. The Bertz CT molecular complexity index is 617. The highest BCUT2D eigenvalue weighted by Crippen LogP contribution is 2.12. The van der Waals surface area contributed by atoms with Crippen molar-refractivity contribution >= 4 is 23.6 Å². The van der Waals surface area contributed by atoms with Crippen molar-refractivity contribution in [1.29, 1.82) is 0 Å². The first-order chi connectivity index (χ1) is 12.5. The van der Waals surface area contributed by atoms with Crippen LogP contribution in [0.5, 0.6) is 0 Å². The molecule has 6 heteroatoms. The molecule has 0 amide bonds. The molecule has 2 unspecified atom stereocenters. The van der Waals surface area contributed by atoms with E-state index in [0.29, 0.717) is 12.8 Å². The number of rotatable bonds is 9. The van der Waals surface area contributed by atoms with Crippen LogP contribution in [0.4, 0.5) is 0 Å². The number of aryl methyl sites for hydroxylation is 1. The van der Waals surface area contributed by atoms with E-state index in [4.69, 9.17) is 0 Å². The fourth-order valence-corrected chi connectivity index (χ4v) is 3.09. The van der Waals surface area contributed by atoms with Gasteiger partial charge < -0.3 is 9.90 Å². The van der Waals surface area contributed by atoms with Gasteiger partial charge in [-0.2, -0.15) is 0 Å². The molecule has 0 aliphatic rings. The molecule has 0 fully saturated rings. The fourth-order valence-electron chi connectivity index (χ4n) is 2.33.